The monoisotopic (exact) mass is 123 g/mol. The van der Waals surface area contributed by atoms with Gasteiger partial charge in [-0.1, -0.05) is 19.8 Å². The second-order valence-corrected chi connectivity index (χ2v) is 3.87. The van der Waals surface area contributed by atoms with E-state index in [4.69, 9.17) is 0 Å². The third-order valence-corrected chi connectivity index (χ3v) is 3.06. The molecule has 9 heavy (non-hydrogen) atoms. The summed E-state index contributed by atoms with van der Waals surface area (Å²) in [7, 11) is 0. The molecule has 2 saturated carbocycles. The summed E-state index contributed by atoms with van der Waals surface area (Å²) < 4.78 is 0. The van der Waals surface area contributed by atoms with Crippen LogP contribution in [0.2, 0.25) is 0 Å². The van der Waals surface area contributed by atoms with Gasteiger partial charge in [0.15, 0.2) is 0 Å². The van der Waals surface area contributed by atoms with E-state index in [1.807, 2.05) is 5.92 Å². The van der Waals surface area contributed by atoms with Crippen LogP contribution in [-0.4, -0.2) is 0 Å². The Morgan fingerprint density at radius 2 is 1.67 bits per heavy atom. The standard InChI is InChI=1S/C9H15/c1-9(8-4-5-8)6-2-3-7-9/h2-7H2,1H3. The molecule has 2 aliphatic carbocycles. The molecule has 0 aliphatic heterocycles. The lowest BCUT2D eigenvalue weighted by atomic mass is 9.83. The minimum Gasteiger partial charge on any atom is -0.0591 e. The quantitative estimate of drug-likeness (QED) is 0.503. The fourth-order valence-corrected chi connectivity index (χ4v) is 2.17. The molecule has 2 fully saturated rings. The van der Waals surface area contributed by atoms with Crippen LogP contribution in [0, 0.1) is 11.3 Å². The molecule has 2 aliphatic rings. The van der Waals surface area contributed by atoms with Crippen molar-refractivity contribution in [1.82, 2.24) is 0 Å². The fraction of sp³-hybridized carbons (Fsp3) is 0.889. The highest BCUT2D eigenvalue weighted by Gasteiger charge is 2.43. The molecule has 0 spiro atoms. The molecule has 0 heterocycles. The second kappa shape index (κ2) is 1.74. The van der Waals surface area contributed by atoms with Gasteiger partial charge in [0.25, 0.3) is 0 Å². The second-order valence-electron chi connectivity index (χ2n) is 3.87. The molecule has 0 heteroatoms. The predicted molar refractivity (Wildman–Crippen MR) is 39.1 cm³/mol. The normalized spacial score (nSPS) is 33.0. The summed E-state index contributed by atoms with van der Waals surface area (Å²) in [6.07, 6.45) is 8.86. The van der Waals surface area contributed by atoms with E-state index in [2.05, 4.69) is 6.92 Å². The van der Waals surface area contributed by atoms with Gasteiger partial charge >= 0.3 is 0 Å². The summed E-state index contributed by atoms with van der Waals surface area (Å²) in [5.74, 6) is 1.88. The van der Waals surface area contributed by atoms with Gasteiger partial charge in [0, 0.05) is 0 Å². The predicted octanol–water partition coefficient (Wildman–Crippen LogP) is 2.93. The maximum absolute atomic E-state index is 2.46. The van der Waals surface area contributed by atoms with Crippen LogP contribution in [0.4, 0.5) is 0 Å². The van der Waals surface area contributed by atoms with E-state index in [0.717, 1.165) is 5.41 Å². The summed E-state index contributed by atoms with van der Waals surface area (Å²) in [6, 6.07) is 0. The van der Waals surface area contributed by atoms with Crippen molar-refractivity contribution in [3.05, 3.63) is 5.92 Å². The Kier molecular flexibility index (Phi) is 1.12. The van der Waals surface area contributed by atoms with Gasteiger partial charge in [0.1, 0.15) is 0 Å². The van der Waals surface area contributed by atoms with Gasteiger partial charge in [-0.25, -0.2) is 0 Å². The van der Waals surface area contributed by atoms with Crippen LogP contribution in [-0.2, 0) is 0 Å². The lowest BCUT2D eigenvalue weighted by Gasteiger charge is -2.21. The first-order valence-corrected chi connectivity index (χ1v) is 4.16. The zero-order valence-corrected chi connectivity index (χ0v) is 6.24. The molecule has 0 aromatic rings. The van der Waals surface area contributed by atoms with Crippen molar-refractivity contribution in [2.45, 2.75) is 45.4 Å². The molecular formula is C9H15. The number of rotatable bonds is 1. The smallest absolute Gasteiger partial charge is 0.0181 e. The molecule has 0 amide bonds. The van der Waals surface area contributed by atoms with E-state index >= 15 is 0 Å². The zero-order chi connectivity index (χ0) is 6.32. The van der Waals surface area contributed by atoms with E-state index < -0.39 is 0 Å². The Morgan fingerprint density at radius 3 is 2.11 bits per heavy atom. The van der Waals surface area contributed by atoms with Crippen molar-refractivity contribution >= 4 is 0 Å². The molecule has 0 atom stereocenters. The van der Waals surface area contributed by atoms with Gasteiger partial charge in [-0.3, -0.25) is 0 Å². The third-order valence-electron chi connectivity index (χ3n) is 3.06. The lowest BCUT2D eigenvalue weighted by Crippen LogP contribution is -2.11. The highest BCUT2D eigenvalue weighted by Crippen LogP contribution is 2.56. The fourth-order valence-electron chi connectivity index (χ4n) is 2.17. The zero-order valence-electron chi connectivity index (χ0n) is 6.24. The van der Waals surface area contributed by atoms with Crippen LogP contribution in [0.25, 0.3) is 0 Å². The molecule has 0 unspecified atom stereocenters. The van der Waals surface area contributed by atoms with Crippen LogP contribution in [0.1, 0.15) is 45.4 Å². The molecular weight excluding hydrogens is 108 g/mol. The van der Waals surface area contributed by atoms with Crippen molar-refractivity contribution in [3.8, 4) is 0 Å². The minimum absolute atomic E-state index is 0.722. The van der Waals surface area contributed by atoms with Gasteiger partial charge in [-0.05, 0) is 37.0 Å². The van der Waals surface area contributed by atoms with Crippen molar-refractivity contribution in [3.63, 3.8) is 0 Å². The van der Waals surface area contributed by atoms with Gasteiger partial charge in [0.05, 0.1) is 0 Å². The lowest BCUT2D eigenvalue weighted by molar-refractivity contribution is 0.392. The Hall–Kier alpha value is 0. The van der Waals surface area contributed by atoms with Gasteiger partial charge < -0.3 is 0 Å². The van der Waals surface area contributed by atoms with E-state index in [9.17, 15) is 0 Å². The third kappa shape index (κ3) is 0.889. The number of hydrogen-bond donors (Lipinski definition) is 0. The average molecular weight is 123 g/mol. The summed E-state index contributed by atoms with van der Waals surface area (Å²) in [6.45, 7) is 2.46. The molecule has 0 nitrogen and oxygen atoms in total. The van der Waals surface area contributed by atoms with Crippen LogP contribution < -0.4 is 0 Å². The highest BCUT2D eigenvalue weighted by atomic mass is 14.5. The highest BCUT2D eigenvalue weighted by molar-refractivity contribution is 5.17. The van der Waals surface area contributed by atoms with Crippen molar-refractivity contribution in [2.24, 2.45) is 5.41 Å². The first-order chi connectivity index (χ1) is 4.31. The van der Waals surface area contributed by atoms with Crippen LogP contribution in [0.3, 0.4) is 0 Å². The van der Waals surface area contributed by atoms with E-state index in [0.29, 0.717) is 0 Å². The van der Waals surface area contributed by atoms with Crippen LogP contribution >= 0.6 is 0 Å². The van der Waals surface area contributed by atoms with E-state index in [-0.39, 0.29) is 0 Å². The number of hydrogen-bond acceptors (Lipinski definition) is 0. The topological polar surface area (TPSA) is 0 Å². The van der Waals surface area contributed by atoms with E-state index in [1.54, 1.807) is 0 Å². The molecule has 51 valence electrons. The minimum atomic E-state index is 0.722. The summed E-state index contributed by atoms with van der Waals surface area (Å²) >= 11 is 0. The average Bonchev–Trinajstić information content (AvgIpc) is 2.60. The first-order valence-electron chi connectivity index (χ1n) is 4.16. The SMILES string of the molecule is CC1([C]2CC2)CCCC1. The van der Waals surface area contributed by atoms with E-state index in [1.165, 1.54) is 38.5 Å². The Bertz CT molecular complexity index is 105. The molecule has 0 aromatic heterocycles. The molecule has 0 N–H and O–H groups in total. The van der Waals surface area contributed by atoms with Crippen LogP contribution in [0.15, 0.2) is 0 Å². The summed E-state index contributed by atoms with van der Waals surface area (Å²) in [5, 5.41) is 0. The molecule has 2 rings (SSSR count). The first kappa shape index (κ1) is 5.76. The van der Waals surface area contributed by atoms with Crippen molar-refractivity contribution in [1.29, 1.82) is 0 Å². The largest absolute Gasteiger partial charge is 0.0591 e. The molecule has 0 saturated heterocycles. The Balaban J connectivity index is 2.02. The van der Waals surface area contributed by atoms with Gasteiger partial charge in [-0.2, -0.15) is 0 Å². The van der Waals surface area contributed by atoms with Crippen molar-refractivity contribution < 1.29 is 0 Å². The van der Waals surface area contributed by atoms with Crippen molar-refractivity contribution in [2.75, 3.05) is 0 Å². The Morgan fingerprint density at radius 1 is 1.11 bits per heavy atom. The van der Waals surface area contributed by atoms with Crippen LogP contribution in [0.5, 0.6) is 0 Å². The molecule has 0 aromatic carbocycles. The Labute approximate surface area is 57.6 Å². The molecule has 0 bridgehead atoms. The summed E-state index contributed by atoms with van der Waals surface area (Å²) in [4.78, 5) is 0. The van der Waals surface area contributed by atoms with Gasteiger partial charge in [-0.15, -0.1) is 0 Å². The summed E-state index contributed by atoms with van der Waals surface area (Å²) in [5.41, 5.74) is 0.722. The maximum atomic E-state index is 2.46. The maximum Gasteiger partial charge on any atom is -0.0181 e. The molecule has 1 radical (unpaired) electrons. The van der Waals surface area contributed by atoms with Gasteiger partial charge in [0.2, 0.25) is 0 Å².